The normalized spacial score (nSPS) is 16.6. The lowest BCUT2D eigenvalue weighted by Crippen LogP contribution is -2.24. The number of nitrogens with zero attached hydrogens (tertiary/aromatic N) is 1. The van der Waals surface area contributed by atoms with Gasteiger partial charge in [0.1, 0.15) is 5.56 Å². The minimum atomic E-state index is -1.34. The van der Waals surface area contributed by atoms with Crippen molar-refractivity contribution in [3.63, 3.8) is 0 Å². The first kappa shape index (κ1) is 15.0. The zero-order chi connectivity index (χ0) is 14.6. The summed E-state index contributed by atoms with van der Waals surface area (Å²) < 4.78 is 15.4. The molecule has 6 nitrogen and oxygen atoms in total. The van der Waals surface area contributed by atoms with Gasteiger partial charge in [-0.1, -0.05) is 0 Å². The van der Waals surface area contributed by atoms with Gasteiger partial charge in [-0.25, -0.2) is 9.18 Å². The predicted molar refractivity (Wildman–Crippen MR) is 73.4 cm³/mol. The van der Waals surface area contributed by atoms with Crippen LogP contribution in [-0.2, 0) is 6.42 Å². The molecule has 1 aliphatic heterocycles. The molecule has 0 saturated heterocycles. The standard InChI is InChI=1S/C14H12FNO4.H2O/c1-6-2-3-7-11-8(4-10(15)13(7)18)12(17)9(14(19)20)5-16(6)11;/h4-6,18H,2-3H2,1H3,(H,19,20);1H2. The number of carbonyl (C=O) groups is 1. The minimum absolute atomic E-state index is 0. The van der Waals surface area contributed by atoms with Crippen LogP contribution in [0.15, 0.2) is 17.1 Å². The number of aromatic carboxylic acids is 1. The molecule has 0 saturated carbocycles. The maximum atomic E-state index is 13.7. The van der Waals surface area contributed by atoms with Crippen LogP contribution in [0, 0.1) is 5.82 Å². The molecule has 1 aliphatic rings. The van der Waals surface area contributed by atoms with Gasteiger partial charge in [0, 0.05) is 17.8 Å². The largest absolute Gasteiger partial charge is 0.505 e. The molecule has 1 atom stereocenters. The number of phenolic OH excluding ortho intramolecular Hbond substituents is 1. The van der Waals surface area contributed by atoms with Crippen molar-refractivity contribution in [2.24, 2.45) is 0 Å². The van der Waals surface area contributed by atoms with Crippen LogP contribution < -0.4 is 5.43 Å². The fourth-order valence-electron chi connectivity index (χ4n) is 2.79. The summed E-state index contributed by atoms with van der Waals surface area (Å²) in [6.45, 7) is 1.89. The first-order valence-electron chi connectivity index (χ1n) is 6.24. The summed E-state index contributed by atoms with van der Waals surface area (Å²) in [4.78, 5) is 23.3. The van der Waals surface area contributed by atoms with E-state index in [4.69, 9.17) is 5.11 Å². The molecule has 0 radical (unpaired) electrons. The molecule has 1 aromatic carbocycles. The Kier molecular flexibility index (Phi) is 3.46. The fourth-order valence-corrected chi connectivity index (χ4v) is 2.79. The van der Waals surface area contributed by atoms with Crippen molar-refractivity contribution in [3.05, 3.63) is 39.4 Å². The van der Waals surface area contributed by atoms with Crippen molar-refractivity contribution < 1.29 is 24.9 Å². The Hall–Kier alpha value is -2.41. The van der Waals surface area contributed by atoms with Crippen LogP contribution in [0.2, 0.25) is 0 Å². The van der Waals surface area contributed by atoms with Crippen molar-refractivity contribution in [1.82, 2.24) is 4.57 Å². The monoisotopic (exact) mass is 295 g/mol. The quantitative estimate of drug-likeness (QED) is 0.824. The number of aromatic nitrogens is 1. The van der Waals surface area contributed by atoms with Gasteiger partial charge in [-0.05, 0) is 25.8 Å². The molecule has 0 fully saturated rings. The first-order chi connectivity index (χ1) is 9.41. The third-order valence-electron chi connectivity index (χ3n) is 3.86. The smallest absolute Gasteiger partial charge is 0.341 e. The van der Waals surface area contributed by atoms with Gasteiger partial charge in [0.25, 0.3) is 0 Å². The van der Waals surface area contributed by atoms with Crippen LogP contribution in [0.5, 0.6) is 5.75 Å². The molecule has 2 heterocycles. The van der Waals surface area contributed by atoms with Gasteiger partial charge in [-0.2, -0.15) is 0 Å². The zero-order valence-electron chi connectivity index (χ0n) is 11.2. The van der Waals surface area contributed by atoms with E-state index in [1.807, 2.05) is 6.92 Å². The number of aromatic hydroxyl groups is 1. The lowest BCUT2D eigenvalue weighted by molar-refractivity contribution is 0.0694. The van der Waals surface area contributed by atoms with Gasteiger partial charge in [0.05, 0.1) is 10.9 Å². The van der Waals surface area contributed by atoms with E-state index in [1.54, 1.807) is 4.57 Å². The van der Waals surface area contributed by atoms with Crippen LogP contribution in [-0.4, -0.2) is 26.2 Å². The molecule has 0 bridgehead atoms. The molecule has 0 aliphatic carbocycles. The number of hydrogen-bond acceptors (Lipinski definition) is 3. The topological polar surface area (TPSA) is 111 Å². The van der Waals surface area contributed by atoms with E-state index >= 15 is 0 Å². The highest BCUT2D eigenvalue weighted by atomic mass is 19.1. The number of aryl methyl sites for hydroxylation is 1. The predicted octanol–water partition coefficient (Wildman–Crippen LogP) is 1.23. The molecule has 21 heavy (non-hydrogen) atoms. The molecule has 1 unspecified atom stereocenters. The molecule has 1 aromatic heterocycles. The Balaban J connectivity index is 0.00000161. The molecule has 2 aromatic rings. The van der Waals surface area contributed by atoms with Gasteiger partial charge < -0.3 is 20.3 Å². The number of benzene rings is 1. The van der Waals surface area contributed by atoms with Crippen molar-refractivity contribution in [1.29, 1.82) is 0 Å². The summed E-state index contributed by atoms with van der Waals surface area (Å²) in [5.41, 5.74) is -0.315. The number of pyridine rings is 1. The van der Waals surface area contributed by atoms with Crippen LogP contribution >= 0.6 is 0 Å². The summed E-state index contributed by atoms with van der Waals surface area (Å²) in [6.07, 6.45) is 2.37. The second kappa shape index (κ2) is 4.85. The Morgan fingerprint density at radius 3 is 2.76 bits per heavy atom. The van der Waals surface area contributed by atoms with Crippen molar-refractivity contribution in [2.45, 2.75) is 25.8 Å². The molecular weight excluding hydrogens is 281 g/mol. The second-order valence-electron chi connectivity index (χ2n) is 5.05. The summed E-state index contributed by atoms with van der Waals surface area (Å²) >= 11 is 0. The maximum absolute atomic E-state index is 13.7. The lowest BCUT2D eigenvalue weighted by Gasteiger charge is -2.27. The van der Waals surface area contributed by atoms with E-state index in [-0.39, 0.29) is 22.5 Å². The average Bonchev–Trinajstić information content (AvgIpc) is 2.39. The van der Waals surface area contributed by atoms with E-state index in [0.29, 0.717) is 23.9 Å². The molecule has 7 heteroatoms. The van der Waals surface area contributed by atoms with Gasteiger partial charge in [0.2, 0.25) is 5.43 Å². The Bertz CT molecular complexity index is 811. The van der Waals surface area contributed by atoms with Gasteiger partial charge in [-0.3, -0.25) is 4.79 Å². The summed E-state index contributed by atoms with van der Waals surface area (Å²) in [5.74, 6) is -2.69. The third-order valence-corrected chi connectivity index (χ3v) is 3.86. The van der Waals surface area contributed by atoms with Gasteiger partial charge in [-0.15, -0.1) is 0 Å². The van der Waals surface area contributed by atoms with Crippen LogP contribution in [0.3, 0.4) is 0 Å². The second-order valence-corrected chi connectivity index (χ2v) is 5.05. The number of phenols is 1. The molecule has 0 spiro atoms. The summed E-state index contributed by atoms with van der Waals surface area (Å²) in [6, 6.07) is 0.894. The number of carboxylic acids is 1. The summed E-state index contributed by atoms with van der Waals surface area (Å²) in [7, 11) is 0. The molecule has 112 valence electrons. The number of halogens is 1. The Morgan fingerprint density at radius 2 is 2.14 bits per heavy atom. The highest BCUT2D eigenvalue weighted by molar-refractivity contribution is 5.94. The van der Waals surface area contributed by atoms with Crippen LogP contribution in [0.4, 0.5) is 4.39 Å². The molecule has 4 N–H and O–H groups in total. The van der Waals surface area contributed by atoms with E-state index in [2.05, 4.69) is 0 Å². The molecule has 3 rings (SSSR count). The number of hydrogen-bond donors (Lipinski definition) is 2. The first-order valence-corrected chi connectivity index (χ1v) is 6.24. The minimum Gasteiger partial charge on any atom is -0.505 e. The van der Waals surface area contributed by atoms with E-state index in [0.717, 1.165) is 6.07 Å². The van der Waals surface area contributed by atoms with Crippen LogP contribution in [0.25, 0.3) is 10.9 Å². The van der Waals surface area contributed by atoms with Crippen molar-refractivity contribution in [2.75, 3.05) is 0 Å². The van der Waals surface area contributed by atoms with Crippen LogP contribution in [0.1, 0.15) is 35.3 Å². The van der Waals surface area contributed by atoms with Crippen molar-refractivity contribution >= 4 is 16.9 Å². The highest BCUT2D eigenvalue weighted by Crippen LogP contribution is 2.36. The van der Waals surface area contributed by atoms with Crippen molar-refractivity contribution in [3.8, 4) is 5.75 Å². The van der Waals surface area contributed by atoms with Gasteiger partial charge >= 0.3 is 5.97 Å². The average molecular weight is 295 g/mol. The fraction of sp³-hybridized carbons (Fsp3) is 0.286. The number of carboxylic acid groups (broad SMARTS) is 1. The maximum Gasteiger partial charge on any atom is 0.341 e. The summed E-state index contributed by atoms with van der Waals surface area (Å²) in [5, 5.41) is 18.9. The number of rotatable bonds is 1. The van der Waals surface area contributed by atoms with E-state index < -0.39 is 23.0 Å². The highest BCUT2D eigenvalue weighted by Gasteiger charge is 2.26. The van der Waals surface area contributed by atoms with E-state index in [1.165, 1.54) is 6.20 Å². The zero-order valence-corrected chi connectivity index (χ0v) is 11.2. The lowest BCUT2D eigenvalue weighted by atomic mass is 9.95. The molecule has 0 amide bonds. The van der Waals surface area contributed by atoms with E-state index in [9.17, 15) is 19.1 Å². The Labute approximate surface area is 118 Å². The molecular formula is C14H14FNO5. The third kappa shape index (κ3) is 1.97. The van der Waals surface area contributed by atoms with Gasteiger partial charge in [0.15, 0.2) is 11.6 Å². The SMILES string of the molecule is CC1CCc2c(O)c(F)cc3c(=O)c(C(=O)O)cn1c23.O. The Morgan fingerprint density at radius 1 is 1.48 bits per heavy atom.